The van der Waals surface area contributed by atoms with E-state index in [9.17, 15) is 9.90 Å². The first-order valence-electron chi connectivity index (χ1n) is 7.89. The Morgan fingerprint density at radius 3 is 2.62 bits per heavy atom. The first kappa shape index (κ1) is 16.3. The molecule has 0 fully saturated rings. The van der Waals surface area contributed by atoms with E-state index in [2.05, 4.69) is 9.97 Å². The fourth-order valence-corrected chi connectivity index (χ4v) is 2.69. The molecule has 1 aromatic carbocycles. The average molecular weight is 331 g/mol. The van der Waals surface area contributed by atoms with E-state index in [0.717, 1.165) is 17.0 Å². The number of rotatable bonds is 5. The molecule has 0 aliphatic carbocycles. The van der Waals surface area contributed by atoms with Gasteiger partial charge in [-0.15, -0.1) is 0 Å². The summed E-state index contributed by atoms with van der Waals surface area (Å²) in [4.78, 5) is 21.8. The Morgan fingerprint density at radius 2 is 2.00 bits per heavy atom. The maximum Gasteiger partial charge on any atom is 0.254 e. The SMILES string of the molecule is Cc1cc2c(cc1C(=O)N(CCO)Cc1nc[nH]c1C)OCCO2. The second-order valence-electron chi connectivity index (χ2n) is 5.74. The molecule has 1 aromatic heterocycles. The molecule has 2 aromatic rings. The zero-order valence-electron chi connectivity index (χ0n) is 13.8. The summed E-state index contributed by atoms with van der Waals surface area (Å²) in [5.41, 5.74) is 3.04. The van der Waals surface area contributed by atoms with Crippen LogP contribution in [-0.2, 0) is 6.54 Å². The molecule has 0 spiro atoms. The third kappa shape index (κ3) is 3.21. The van der Waals surface area contributed by atoms with Crippen LogP contribution in [0.5, 0.6) is 11.5 Å². The second kappa shape index (κ2) is 6.92. The van der Waals surface area contributed by atoms with Gasteiger partial charge in [0.25, 0.3) is 5.91 Å². The zero-order chi connectivity index (χ0) is 17.1. The van der Waals surface area contributed by atoms with Gasteiger partial charge in [-0.25, -0.2) is 4.98 Å². The van der Waals surface area contributed by atoms with E-state index in [0.29, 0.717) is 36.8 Å². The Balaban J connectivity index is 1.88. The van der Waals surface area contributed by atoms with E-state index in [1.54, 1.807) is 17.3 Å². The summed E-state index contributed by atoms with van der Waals surface area (Å²) in [6.45, 7) is 5.20. The number of ether oxygens (including phenoxy) is 2. The summed E-state index contributed by atoms with van der Waals surface area (Å²) in [7, 11) is 0. The Kier molecular flexibility index (Phi) is 4.71. The van der Waals surface area contributed by atoms with Crippen LogP contribution in [0, 0.1) is 13.8 Å². The summed E-state index contributed by atoms with van der Waals surface area (Å²) in [5, 5.41) is 9.32. The number of aliphatic hydroxyl groups is 1. The number of fused-ring (bicyclic) bond motifs is 1. The van der Waals surface area contributed by atoms with Crippen LogP contribution >= 0.6 is 0 Å². The standard InChI is InChI=1S/C17H21N3O4/c1-11-7-15-16(24-6-5-23-15)8-13(11)17(22)20(3-4-21)9-14-12(2)18-10-19-14/h7-8,10,21H,3-6,9H2,1-2H3,(H,18,19). The van der Waals surface area contributed by atoms with Gasteiger partial charge in [0.1, 0.15) is 13.2 Å². The molecule has 128 valence electrons. The number of imidazole rings is 1. The molecule has 2 heterocycles. The maximum absolute atomic E-state index is 13.0. The third-order valence-electron chi connectivity index (χ3n) is 4.05. The predicted octanol–water partition coefficient (Wildman–Crippen LogP) is 1.43. The number of benzene rings is 1. The molecule has 0 atom stereocenters. The molecule has 1 amide bonds. The number of aromatic amines is 1. The van der Waals surface area contributed by atoms with E-state index in [1.807, 2.05) is 19.9 Å². The summed E-state index contributed by atoms with van der Waals surface area (Å²) >= 11 is 0. The Labute approximate surface area is 140 Å². The Bertz CT molecular complexity index is 741. The average Bonchev–Trinajstić information content (AvgIpc) is 2.98. The van der Waals surface area contributed by atoms with Crippen molar-refractivity contribution in [3.05, 3.63) is 41.0 Å². The number of aromatic nitrogens is 2. The van der Waals surface area contributed by atoms with Gasteiger partial charge in [0.2, 0.25) is 0 Å². The second-order valence-corrected chi connectivity index (χ2v) is 5.74. The van der Waals surface area contributed by atoms with Crippen LogP contribution in [0.3, 0.4) is 0 Å². The number of aryl methyl sites for hydroxylation is 2. The number of hydrogen-bond donors (Lipinski definition) is 2. The number of nitrogens with one attached hydrogen (secondary N) is 1. The fraction of sp³-hybridized carbons (Fsp3) is 0.412. The van der Waals surface area contributed by atoms with Crippen LogP contribution in [0.15, 0.2) is 18.5 Å². The Morgan fingerprint density at radius 1 is 1.29 bits per heavy atom. The highest BCUT2D eigenvalue weighted by molar-refractivity contribution is 5.96. The molecule has 0 saturated carbocycles. The molecule has 0 saturated heterocycles. The normalized spacial score (nSPS) is 13.0. The largest absolute Gasteiger partial charge is 0.486 e. The van der Waals surface area contributed by atoms with Crippen molar-refractivity contribution in [2.45, 2.75) is 20.4 Å². The lowest BCUT2D eigenvalue weighted by Gasteiger charge is -2.24. The molecule has 3 rings (SSSR count). The van der Waals surface area contributed by atoms with Gasteiger partial charge < -0.3 is 24.5 Å². The van der Waals surface area contributed by atoms with Gasteiger partial charge in [0.05, 0.1) is 25.2 Å². The van der Waals surface area contributed by atoms with Crippen LogP contribution in [0.4, 0.5) is 0 Å². The highest BCUT2D eigenvalue weighted by Gasteiger charge is 2.23. The first-order valence-corrected chi connectivity index (χ1v) is 7.89. The third-order valence-corrected chi connectivity index (χ3v) is 4.05. The van der Waals surface area contributed by atoms with Crippen molar-refractivity contribution in [2.24, 2.45) is 0 Å². The summed E-state index contributed by atoms with van der Waals surface area (Å²) < 4.78 is 11.1. The lowest BCUT2D eigenvalue weighted by atomic mass is 10.1. The number of aliphatic hydroxyl groups excluding tert-OH is 1. The van der Waals surface area contributed by atoms with Crippen LogP contribution in [0.2, 0.25) is 0 Å². The predicted molar refractivity (Wildman–Crippen MR) is 87.3 cm³/mol. The van der Waals surface area contributed by atoms with E-state index in [1.165, 1.54) is 0 Å². The van der Waals surface area contributed by atoms with Crippen LogP contribution in [0.1, 0.15) is 27.3 Å². The van der Waals surface area contributed by atoms with Crippen LogP contribution in [0.25, 0.3) is 0 Å². The van der Waals surface area contributed by atoms with Gasteiger partial charge in [-0.2, -0.15) is 0 Å². The molecular formula is C17H21N3O4. The summed E-state index contributed by atoms with van der Waals surface area (Å²) in [6, 6.07) is 3.53. The van der Waals surface area contributed by atoms with Crippen LogP contribution in [-0.4, -0.2) is 52.2 Å². The Hall–Kier alpha value is -2.54. The molecule has 7 heteroatoms. The van der Waals surface area contributed by atoms with Crippen molar-refractivity contribution < 1.29 is 19.4 Å². The van der Waals surface area contributed by atoms with Gasteiger partial charge in [-0.05, 0) is 31.5 Å². The van der Waals surface area contributed by atoms with Gasteiger partial charge in [0, 0.05) is 17.8 Å². The molecule has 2 N–H and O–H groups in total. The molecule has 0 bridgehead atoms. The lowest BCUT2D eigenvalue weighted by molar-refractivity contribution is 0.0703. The minimum absolute atomic E-state index is 0.112. The summed E-state index contributed by atoms with van der Waals surface area (Å²) in [6.07, 6.45) is 1.60. The number of carbonyl (C=O) groups excluding carboxylic acids is 1. The van der Waals surface area contributed by atoms with Crippen molar-refractivity contribution in [1.82, 2.24) is 14.9 Å². The molecular weight excluding hydrogens is 310 g/mol. The topological polar surface area (TPSA) is 87.7 Å². The quantitative estimate of drug-likeness (QED) is 0.865. The fourth-order valence-electron chi connectivity index (χ4n) is 2.69. The van der Waals surface area contributed by atoms with Gasteiger partial charge in [0.15, 0.2) is 11.5 Å². The van der Waals surface area contributed by atoms with Crippen molar-refractivity contribution in [3.8, 4) is 11.5 Å². The number of amides is 1. The number of nitrogens with zero attached hydrogens (tertiary/aromatic N) is 2. The monoisotopic (exact) mass is 331 g/mol. The van der Waals surface area contributed by atoms with Crippen LogP contribution < -0.4 is 9.47 Å². The van der Waals surface area contributed by atoms with Crippen molar-refractivity contribution >= 4 is 5.91 Å². The van der Waals surface area contributed by atoms with E-state index in [4.69, 9.17) is 9.47 Å². The van der Waals surface area contributed by atoms with E-state index in [-0.39, 0.29) is 19.1 Å². The molecule has 0 unspecified atom stereocenters. The zero-order valence-corrected chi connectivity index (χ0v) is 13.8. The minimum Gasteiger partial charge on any atom is -0.486 e. The van der Waals surface area contributed by atoms with E-state index >= 15 is 0 Å². The molecule has 1 aliphatic heterocycles. The van der Waals surface area contributed by atoms with Gasteiger partial charge in [-0.1, -0.05) is 0 Å². The van der Waals surface area contributed by atoms with Crippen molar-refractivity contribution in [2.75, 3.05) is 26.4 Å². The number of H-pyrrole nitrogens is 1. The van der Waals surface area contributed by atoms with Crippen molar-refractivity contribution in [1.29, 1.82) is 0 Å². The summed E-state index contributed by atoms with van der Waals surface area (Å²) in [5.74, 6) is 1.07. The molecule has 24 heavy (non-hydrogen) atoms. The first-order chi connectivity index (χ1) is 11.6. The van der Waals surface area contributed by atoms with Crippen molar-refractivity contribution in [3.63, 3.8) is 0 Å². The molecule has 7 nitrogen and oxygen atoms in total. The number of carbonyl (C=O) groups is 1. The lowest BCUT2D eigenvalue weighted by Crippen LogP contribution is -2.34. The highest BCUT2D eigenvalue weighted by Crippen LogP contribution is 2.33. The van der Waals surface area contributed by atoms with Gasteiger partial charge in [-0.3, -0.25) is 4.79 Å². The smallest absolute Gasteiger partial charge is 0.254 e. The molecule has 1 aliphatic rings. The minimum atomic E-state index is -0.166. The maximum atomic E-state index is 13.0. The highest BCUT2D eigenvalue weighted by atomic mass is 16.6. The number of hydrogen-bond acceptors (Lipinski definition) is 5. The van der Waals surface area contributed by atoms with Gasteiger partial charge >= 0.3 is 0 Å². The molecule has 0 radical (unpaired) electrons. The van der Waals surface area contributed by atoms with E-state index < -0.39 is 0 Å².